The van der Waals surface area contributed by atoms with E-state index in [-0.39, 0.29) is 0 Å². The van der Waals surface area contributed by atoms with E-state index in [0.717, 1.165) is 23.8 Å². The highest BCUT2D eigenvalue weighted by Gasteiger charge is 2.41. The third kappa shape index (κ3) is 2.14. The highest BCUT2D eigenvalue weighted by Crippen LogP contribution is 2.36. The molecule has 0 aromatic heterocycles. The van der Waals surface area contributed by atoms with Crippen molar-refractivity contribution in [3.8, 4) is 0 Å². The molecular formula is C14H26N2. The minimum Gasteiger partial charge on any atom is -0.302 e. The van der Waals surface area contributed by atoms with Gasteiger partial charge in [0.1, 0.15) is 0 Å². The topological polar surface area (TPSA) is 6.48 Å². The summed E-state index contributed by atoms with van der Waals surface area (Å²) in [6.45, 7) is 11.7. The van der Waals surface area contributed by atoms with Crippen LogP contribution >= 0.6 is 0 Å². The van der Waals surface area contributed by atoms with E-state index in [1.54, 1.807) is 0 Å². The summed E-state index contributed by atoms with van der Waals surface area (Å²) in [5, 5.41) is 0. The maximum Gasteiger partial charge on any atom is 0.00645 e. The van der Waals surface area contributed by atoms with Gasteiger partial charge in [0.05, 0.1) is 0 Å². The van der Waals surface area contributed by atoms with Crippen LogP contribution in [0.4, 0.5) is 0 Å². The lowest BCUT2D eigenvalue weighted by Crippen LogP contribution is -2.34. The first-order valence-electron chi connectivity index (χ1n) is 7.22. The van der Waals surface area contributed by atoms with Gasteiger partial charge in [0.15, 0.2) is 0 Å². The summed E-state index contributed by atoms with van der Waals surface area (Å²) in [6.07, 6.45) is 4.32. The van der Waals surface area contributed by atoms with Crippen molar-refractivity contribution >= 4 is 0 Å². The minimum atomic E-state index is 0.808. The van der Waals surface area contributed by atoms with Gasteiger partial charge in [0.25, 0.3) is 0 Å². The first-order chi connectivity index (χ1) is 7.76. The molecule has 3 aliphatic rings. The summed E-state index contributed by atoms with van der Waals surface area (Å²) in [6, 6.07) is 0.808. The van der Waals surface area contributed by atoms with Gasteiger partial charge >= 0.3 is 0 Å². The molecule has 0 spiro atoms. The summed E-state index contributed by atoms with van der Waals surface area (Å²) in [5.41, 5.74) is 0. The second-order valence-electron chi connectivity index (χ2n) is 6.39. The minimum absolute atomic E-state index is 0.808. The van der Waals surface area contributed by atoms with Gasteiger partial charge in [-0.1, -0.05) is 6.92 Å². The number of rotatable bonds is 4. The van der Waals surface area contributed by atoms with Crippen LogP contribution in [-0.4, -0.2) is 48.6 Å². The molecule has 2 aliphatic heterocycles. The molecule has 2 heteroatoms. The quantitative estimate of drug-likeness (QED) is 0.718. The van der Waals surface area contributed by atoms with Crippen LogP contribution in [0.25, 0.3) is 0 Å². The number of fused-ring (bicyclic) bond motifs is 1. The average molecular weight is 222 g/mol. The summed E-state index contributed by atoms with van der Waals surface area (Å²) in [7, 11) is 0. The largest absolute Gasteiger partial charge is 0.302 e. The molecule has 0 aromatic carbocycles. The maximum absolute atomic E-state index is 2.75. The Kier molecular flexibility index (Phi) is 2.97. The Labute approximate surface area is 100.0 Å². The Morgan fingerprint density at radius 3 is 2.19 bits per heavy atom. The van der Waals surface area contributed by atoms with Gasteiger partial charge in [-0.25, -0.2) is 0 Å². The monoisotopic (exact) mass is 222 g/mol. The molecule has 0 N–H and O–H groups in total. The van der Waals surface area contributed by atoms with Crippen molar-refractivity contribution in [1.29, 1.82) is 0 Å². The van der Waals surface area contributed by atoms with E-state index in [9.17, 15) is 0 Å². The van der Waals surface area contributed by atoms with E-state index in [4.69, 9.17) is 0 Å². The lowest BCUT2D eigenvalue weighted by molar-refractivity contribution is 0.207. The molecule has 2 saturated heterocycles. The zero-order valence-corrected chi connectivity index (χ0v) is 10.9. The second kappa shape index (κ2) is 4.30. The van der Waals surface area contributed by atoms with Gasteiger partial charge < -0.3 is 9.80 Å². The zero-order chi connectivity index (χ0) is 11.1. The Morgan fingerprint density at radius 2 is 1.69 bits per heavy atom. The number of likely N-dealkylation sites (tertiary alicyclic amines) is 2. The molecule has 1 aliphatic carbocycles. The lowest BCUT2D eigenvalue weighted by atomic mass is 10.0. The van der Waals surface area contributed by atoms with Crippen molar-refractivity contribution in [3.05, 3.63) is 0 Å². The Morgan fingerprint density at radius 1 is 1.06 bits per heavy atom. The van der Waals surface area contributed by atoms with E-state index in [2.05, 4.69) is 23.6 Å². The van der Waals surface area contributed by atoms with Gasteiger partial charge in [-0.3, -0.25) is 0 Å². The van der Waals surface area contributed by atoms with Crippen LogP contribution in [-0.2, 0) is 0 Å². The third-order valence-electron chi connectivity index (χ3n) is 5.02. The molecule has 3 rings (SSSR count). The van der Waals surface area contributed by atoms with Crippen LogP contribution in [0.3, 0.4) is 0 Å². The second-order valence-corrected chi connectivity index (χ2v) is 6.39. The van der Waals surface area contributed by atoms with Crippen LogP contribution in [0, 0.1) is 17.8 Å². The molecule has 3 atom stereocenters. The first-order valence-corrected chi connectivity index (χ1v) is 7.22. The van der Waals surface area contributed by atoms with E-state index in [1.807, 2.05) is 0 Å². The highest BCUT2D eigenvalue weighted by atomic mass is 15.2. The molecule has 0 bridgehead atoms. The molecule has 2 heterocycles. The molecule has 16 heavy (non-hydrogen) atoms. The molecule has 0 aromatic rings. The predicted octanol–water partition coefficient (Wildman–Crippen LogP) is 2.06. The standard InChI is InChI=1S/C14H26N2/c1-3-11(2)16-9-13-7-15(6-12-4-5-12)8-14(13)10-16/h11-14H,3-10H2,1-2H3. The summed E-state index contributed by atoms with van der Waals surface area (Å²) in [4.78, 5) is 5.48. The average Bonchev–Trinajstić information content (AvgIpc) is 2.85. The molecule has 92 valence electrons. The Bertz CT molecular complexity index is 235. The predicted molar refractivity (Wildman–Crippen MR) is 67.5 cm³/mol. The van der Waals surface area contributed by atoms with E-state index >= 15 is 0 Å². The van der Waals surface area contributed by atoms with Crippen molar-refractivity contribution in [2.24, 2.45) is 17.8 Å². The van der Waals surface area contributed by atoms with E-state index in [1.165, 1.54) is 52.0 Å². The van der Waals surface area contributed by atoms with Crippen LogP contribution in [0.1, 0.15) is 33.1 Å². The highest BCUT2D eigenvalue weighted by molar-refractivity contribution is 4.95. The van der Waals surface area contributed by atoms with Gasteiger partial charge in [0.2, 0.25) is 0 Å². The van der Waals surface area contributed by atoms with Gasteiger partial charge in [-0.05, 0) is 43.9 Å². The number of hydrogen-bond acceptors (Lipinski definition) is 2. The van der Waals surface area contributed by atoms with Crippen LogP contribution in [0.2, 0.25) is 0 Å². The number of hydrogen-bond donors (Lipinski definition) is 0. The fraction of sp³-hybridized carbons (Fsp3) is 1.00. The summed E-state index contributed by atoms with van der Waals surface area (Å²) in [5.74, 6) is 3.06. The molecule has 1 saturated carbocycles. The molecule has 0 radical (unpaired) electrons. The van der Waals surface area contributed by atoms with Crippen LogP contribution in [0.5, 0.6) is 0 Å². The molecule has 3 unspecified atom stereocenters. The van der Waals surface area contributed by atoms with E-state index in [0.29, 0.717) is 0 Å². The van der Waals surface area contributed by atoms with Crippen molar-refractivity contribution in [2.75, 3.05) is 32.7 Å². The number of nitrogens with zero attached hydrogens (tertiary/aromatic N) is 2. The van der Waals surface area contributed by atoms with Gasteiger partial charge in [-0.15, -0.1) is 0 Å². The molecular weight excluding hydrogens is 196 g/mol. The summed E-state index contributed by atoms with van der Waals surface area (Å²) < 4.78 is 0. The maximum atomic E-state index is 2.75. The fourth-order valence-electron chi connectivity index (χ4n) is 3.56. The molecule has 0 amide bonds. The third-order valence-corrected chi connectivity index (χ3v) is 5.02. The van der Waals surface area contributed by atoms with Crippen LogP contribution < -0.4 is 0 Å². The normalized spacial score (nSPS) is 37.9. The van der Waals surface area contributed by atoms with Crippen molar-refractivity contribution in [1.82, 2.24) is 9.80 Å². The lowest BCUT2D eigenvalue weighted by Gasteiger charge is -2.25. The van der Waals surface area contributed by atoms with Crippen molar-refractivity contribution < 1.29 is 0 Å². The van der Waals surface area contributed by atoms with Crippen LogP contribution in [0.15, 0.2) is 0 Å². The molecule has 3 fully saturated rings. The van der Waals surface area contributed by atoms with Crippen molar-refractivity contribution in [2.45, 2.75) is 39.2 Å². The summed E-state index contributed by atoms with van der Waals surface area (Å²) >= 11 is 0. The Balaban J connectivity index is 1.50. The van der Waals surface area contributed by atoms with Gasteiger partial charge in [0, 0.05) is 38.8 Å². The smallest absolute Gasteiger partial charge is 0.00645 e. The Hall–Kier alpha value is -0.0800. The first kappa shape index (κ1) is 11.0. The molecule has 2 nitrogen and oxygen atoms in total. The zero-order valence-electron chi connectivity index (χ0n) is 10.9. The SMILES string of the molecule is CCC(C)N1CC2CN(CC3CC3)CC2C1. The van der Waals surface area contributed by atoms with Crippen molar-refractivity contribution in [3.63, 3.8) is 0 Å². The fourth-order valence-corrected chi connectivity index (χ4v) is 3.56. The van der Waals surface area contributed by atoms with E-state index < -0.39 is 0 Å². The van der Waals surface area contributed by atoms with Gasteiger partial charge in [-0.2, -0.15) is 0 Å².